The first kappa shape index (κ1) is 16.3. The number of benzene rings is 1. The number of ether oxygens (including phenoxy) is 1. The van der Waals surface area contributed by atoms with Crippen molar-refractivity contribution in [1.29, 1.82) is 0 Å². The molecule has 1 aliphatic heterocycles. The molecule has 1 N–H and O–H groups in total. The Labute approximate surface area is 130 Å². The summed E-state index contributed by atoms with van der Waals surface area (Å²) in [7, 11) is 1.65. The first-order chi connectivity index (χ1) is 10.6. The largest absolute Gasteiger partial charge is 0.497 e. The van der Waals surface area contributed by atoms with Gasteiger partial charge in [0.1, 0.15) is 5.75 Å². The Balaban J connectivity index is 1.66. The molecule has 0 aromatic heterocycles. The number of rotatable bonds is 7. The van der Waals surface area contributed by atoms with Crippen molar-refractivity contribution in [2.45, 2.75) is 32.1 Å². The monoisotopic (exact) mass is 305 g/mol. The second-order valence-corrected chi connectivity index (χ2v) is 5.72. The lowest BCUT2D eigenvalue weighted by Gasteiger charge is -2.15. The van der Waals surface area contributed by atoms with Crippen molar-refractivity contribution in [3.05, 3.63) is 29.8 Å². The van der Waals surface area contributed by atoms with Gasteiger partial charge in [-0.05, 0) is 43.4 Å². The Morgan fingerprint density at radius 2 is 2.00 bits per heavy atom. The van der Waals surface area contributed by atoms with E-state index in [4.69, 9.17) is 9.84 Å². The highest BCUT2D eigenvalue weighted by Crippen LogP contribution is 2.18. The standard InChI is InChI=1S/C17H23NO4/c1-22-15-8-6-13(7-9-15)4-2-3-5-16(19)18-11-10-14(12-18)17(20)21/h6-9,14H,2-5,10-12H2,1H3,(H,20,21)/t14-/m1/s1. The van der Waals surface area contributed by atoms with Gasteiger partial charge < -0.3 is 14.7 Å². The fourth-order valence-electron chi connectivity index (χ4n) is 2.74. The summed E-state index contributed by atoms with van der Waals surface area (Å²) in [5.41, 5.74) is 1.24. The smallest absolute Gasteiger partial charge is 0.308 e. The molecular formula is C17H23NO4. The van der Waals surface area contributed by atoms with E-state index < -0.39 is 5.97 Å². The second kappa shape index (κ2) is 7.82. The lowest BCUT2D eigenvalue weighted by atomic mass is 10.1. The van der Waals surface area contributed by atoms with Crippen LogP contribution in [-0.2, 0) is 16.0 Å². The highest BCUT2D eigenvalue weighted by Gasteiger charge is 2.30. The molecule has 22 heavy (non-hydrogen) atoms. The molecule has 5 heteroatoms. The molecule has 0 radical (unpaired) electrons. The van der Waals surface area contributed by atoms with Crippen LogP contribution in [0.25, 0.3) is 0 Å². The zero-order valence-electron chi connectivity index (χ0n) is 13.0. The zero-order valence-corrected chi connectivity index (χ0v) is 13.0. The number of carbonyl (C=O) groups is 2. The van der Waals surface area contributed by atoms with Gasteiger partial charge in [-0.3, -0.25) is 9.59 Å². The van der Waals surface area contributed by atoms with Crippen LogP contribution in [0.4, 0.5) is 0 Å². The zero-order chi connectivity index (χ0) is 15.9. The van der Waals surface area contributed by atoms with Crippen LogP contribution >= 0.6 is 0 Å². The second-order valence-electron chi connectivity index (χ2n) is 5.72. The fourth-order valence-corrected chi connectivity index (χ4v) is 2.74. The average molecular weight is 305 g/mol. The molecule has 1 aromatic carbocycles. The summed E-state index contributed by atoms with van der Waals surface area (Å²) < 4.78 is 5.12. The maximum Gasteiger partial charge on any atom is 0.308 e. The number of amides is 1. The molecule has 1 saturated heterocycles. The minimum absolute atomic E-state index is 0.0819. The number of methoxy groups -OCH3 is 1. The Bertz CT molecular complexity index is 512. The number of nitrogens with zero attached hydrogens (tertiary/aromatic N) is 1. The van der Waals surface area contributed by atoms with Gasteiger partial charge in [0, 0.05) is 19.5 Å². The Kier molecular flexibility index (Phi) is 5.81. The van der Waals surface area contributed by atoms with Crippen molar-refractivity contribution in [3.8, 4) is 5.75 Å². The van der Waals surface area contributed by atoms with E-state index in [1.165, 1.54) is 5.56 Å². The van der Waals surface area contributed by atoms with Crippen molar-refractivity contribution < 1.29 is 19.4 Å². The molecule has 2 rings (SSSR count). The van der Waals surface area contributed by atoms with Crippen LogP contribution in [-0.4, -0.2) is 42.1 Å². The summed E-state index contributed by atoms with van der Waals surface area (Å²) >= 11 is 0. The van der Waals surface area contributed by atoms with E-state index in [2.05, 4.69) is 0 Å². The molecule has 0 spiro atoms. The van der Waals surface area contributed by atoms with Gasteiger partial charge in [-0.2, -0.15) is 0 Å². The van der Waals surface area contributed by atoms with Gasteiger partial charge in [-0.25, -0.2) is 0 Å². The Hall–Kier alpha value is -2.04. The summed E-state index contributed by atoms with van der Waals surface area (Å²) in [6.45, 7) is 0.945. The van der Waals surface area contributed by atoms with Gasteiger partial charge in [0.15, 0.2) is 0 Å². The predicted molar refractivity (Wildman–Crippen MR) is 82.9 cm³/mol. The van der Waals surface area contributed by atoms with E-state index in [-0.39, 0.29) is 11.8 Å². The first-order valence-corrected chi connectivity index (χ1v) is 7.73. The molecule has 0 aliphatic carbocycles. The van der Waals surface area contributed by atoms with Gasteiger partial charge in [-0.1, -0.05) is 12.1 Å². The van der Waals surface area contributed by atoms with Gasteiger partial charge >= 0.3 is 5.97 Å². The third kappa shape index (κ3) is 4.48. The maximum absolute atomic E-state index is 12.0. The van der Waals surface area contributed by atoms with Gasteiger partial charge in [0.05, 0.1) is 13.0 Å². The lowest BCUT2D eigenvalue weighted by Crippen LogP contribution is -2.29. The van der Waals surface area contributed by atoms with Crippen LogP contribution in [0.15, 0.2) is 24.3 Å². The number of hydrogen-bond acceptors (Lipinski definition) is 3. The molecule has 1 fully saturated rings. The van der Waals surface area contributed by atoms with E-state index in [9.17, 15) is 9.59 Å². The number of carboxylic acids is 1. The summed E-state index contributed by atoms with van der Waals surface area (Å²) in [5, 5.41) is 8.94. The summed E-state index contributed by atoms with van der Waals surface area (Å²) in [6, 6.07) is 7.96. The molecule has 1 atom stereocenters. The number of likely N-dealkylation sites (tertiary alicyclic amines) is 1. The van der Waals surface area contributed by atoms with Gasteiger partial charge in [-0.15, -0.1) is 0 Å². The molecule has 0 saturated carbocycles. The van der Waals surface area contributed by atoms with E-state index in [1.807, 2.05) is 24.3 Å². The minimum atomic E-state index is -0.796. The van der Waals surface area contributed by atoms with E-state index in [0.717, 1.165) is 25.0 Å². The quantitative estimate of drug-likeness (QED) is 0.785. The number of hydrogen-bond donors (Lipinski definition) is 1. The van der Waals surface area contributed by atoms with Gasteiger partial charge in [0.25, 0.3) is 0 Å². The van der Waals surface area contributed by atoms with E-state index in [0.29, 0.717) is 25.9 Å². The molecular weight excluding hydrogens is 282 g/mol. The normalized spacial score (nSPS) is 17.5. The fraction of sp³-hybridized carbons (Fsp3) is 0.529. The summed E-state index contributed by atoms with van der Waals surface area (Å²) in [6.07, 6.45) is 3.80. The molecule has 5 nitrogen and oxygen atoms in total. The van der Waals surface area contributed by atoms with E-state index in [1.54, 1.807) is 12.0 Å². The SMILES string of the molecule is COc1ccc(CCCCC(=O)N2CC[C@@H](C(=O)O)C2)cc1. The number of aliphatic carboxylic acids is 1. The predicted octanol–water partition coefficient (Wildman–Crippen LogP) is 2.34. The third-order valence-electron chi connectivity index (χ3n) is 4.16. The topological polar surface area (TPSA) is 66.8 Å². The van der Waals surface area contributed by atoms with Crippen LogP contribution in [0.1, 0.15) is 31.2 Å². The highest BCUT2D eigenvalue weighted by molar-refractivity contribution is 5.78. The molecule has 0 bridgehead atoms. The van der Waals surface area contributed by atoms with Crippen LogP contribution < -0.4 is 4.74 Å². The van der Waals surface area contributed by atoms with Crippen molar-refractivity contribution in [2.75, 3.05) is 20.2 Å². The highest BCUT2D eigenvalue weighted by atomic mass is 16.5. The van der Waals surface area contributed by atoms with Crippen molar-refractivity contribution in [1.82, 2.24) is 4.90 Å². The van der Waals surface area contributed by atoms with Crippen LogP contribution in [0.2, 0.25) is 0 Å². The molecule has 1 aromatic rings. The number of aryl methyl sites for hydroxylation is 1. The number of carboxylic acid groups (broad SMARTS) is 1. The first-order valence-electron chi connectivity index (χ1n) is 7.73. The maximum atomic E-state index is 12.0. The Morgan fingerprint density at radius 1 is 1.27 bits per heavy atom. The van der Waals surface area contributed by atoms with Gasteiger partial charge in [0.2, 0.25) is 5.91 Å². The van der Waals surface area contributed by atoms with Crippen LogP contribution in [0.3, 0.4) is 0 Å². The van der Waals surface area contributed by atoms with E-state index >= 15 is 0 Å². The minimum Gasteiger partial charge on any atom is -0.497 e. The molecule has 1 amide bonds. The molecule has 0 unspecified atom stereocenters. The number of carbonyl (C=O) groups excluding carboxylic acids is 1. The summed E-state index contributed by atoms with van der Waals surface area (Å²) in [5.74, 6) is -0.252. The summed E-state index contributed by atoms with van der Waals surface area (Å²) in [4.78, 5) is 24.6. The van der Waals surface area contributed by atoms with Crippen LogP contribution in [0.5, 0.6) is 5.75 Å². The molecule has 1 heterocycles. The van der Waals surface area contributed by atoms with Crippen molar-refractivity contribution in [3.63, 3.8) is 0 Å². The lowest BCUT2D eigenvalue weighted by molar-refractivity contribution is -0.141. The van der Waals surface area contributed by atoms with Crippen LogP contribution in [0, 0.1) is 5.92 Å². The molecule has 120 valence electrons. The average Bonchev–Trinajstić information content (AvgIpc) is 3.02. The number of unbranched alkanes of at least 4 members (excludes halogenated alkanes) is 1. The molecule has 1 aliphatic rings. The Morgan fingerprint density at radius 3 is 2.59 bits per heavy atom. The van der Waals surface area contributed by atoms with Crippen molar-refractivity contribution >= 4 is 11.9 Å². The third-order valence-corrected chi connectivity index (χ3v) is 4.16. The van der Waals surface area contributed by atoms with Crippen molar-refractivity contribution in [2.24, 2.45) is 5.92 Å².